The fourth-order valence-electron chi connectivity index (χ4n) is 3.95. The van der Waals surface area contributed by atoms with Crippen LogP contribution in [0.15, 0.2) is 83.9 Å². The van der Waals surface area contributed by atoms with E-state index in [4.69, 9.17) is 14.6 Å². The van der Waals surface area contributed by atoms with Gasteiger partial charge >= 0.3 is 0 Å². The van der Waals surface area contributed by atoms with Crippen molar-refractivity contribution in [3.05, 3.63) is 90.1 Å². The van der Waals surface area contributed by atoms with Crippen LogP contribution in [0.4, 0.5) is 5.69 Å². The Labute approximate surface area is 188 Å². The van der Waals surface area contributed by atoms with Crippen molar-refractivity contribution in [3.63, 3.8) is 0 Å². The van der Waals surface area contributed by atoms with Crippen molar-refractivity contribution in [1.82, 2.24) is 0 Å². The van der Waals surface area contributed by atoms with Gasteiger partial charge in [-0.3, -0.25) is 0 Å². The quantitative estimate of drug-likeness (QED) is 0.575. The molecule has 4 rings (SSSR count). The van der Waals surface area contributed by atoms with Crippen LogP contribution >= 0.6 is 0 Å². The van der Waals surface area contributed by atoms with E-state index in [9.17, 15) is 8.42 Å². The van der Waals surface area contributed by atoms with E-state index in [1.165, 1.54) is 12.1 Å². The molecule has 1 aliphatic heterocycles. The van der Waals surface area contributed by atoms with Crippen LogP contribution in [0.5, 0.6) is 17.2 Å². The lowest BCUT2D eigenvalue weighted by atomic mass is 9.97. The Bertz CT molecular complexity index is 1250. The molecule has 1 atom stereocenters. The summed E-state index contributed by atoms with van der Waals surface area (Å²) in [5.41, 5.74) is 4.02. The first-order chi connectivity index (χ1) is 15.3. The summed E-state index contributed by atoms with van der Waals surface area (Å²) >= 11 is 0. The number of sulfonamides is 1. The summed E-state index contributed by atoms with van der Waals surface area (Å²) < 4.78 is 34.8. The summed E-state index contributed by atoms with van der Waals surface area (Å²) in [5.74, 6) is 2.34. The van der Waals surface area contributed by atoms with E-state index in [-0.39, 0.29) is 10.8 Å². The van der Waals surface area contributed by atoms with Gasteiger partial charge < -0.3 is 14.4 Å². The first-order valence-corrected chi connectivity index (χ1v) is 11.8. The monoisotopic (exact) mass is 450 g/mol. The van der Waals surface area contributed by atoms with E-state index in [2.05, 4.69) is 17.5 Å². The third-order valence-electron chi connectivity index (χ3n) is 5.72. The van der Waals surface area contributed by atoms with Crippen LogP contribution < -0.4 is 19.5 Å². The highest BCUT2D eigenvalue weighted by atomic mass is 32.2. The highest BCUT2D eigenvalue weighted by Gasteiger charge is 2.28. The first-order valence-electron chi connectivity index (χ1n) is 10.3. The molecule has 7 heteroatoms. The van der Waals surface area contributed by atoms with Gasteiger partial charge in [-0.2, -0.15) is 0 Å². The Morgan fingerprint density at radius 1 is 1.00 bits per heavy atom. The number of hydrogen-bond acceptors (Lipinski definition) is 5. The van der Waals surface area contributed by atoms with E-state index >= 15 is 0 Å². The Morgan fingerprint density at radius 3 is 2.38 bits per heavy atom. The second-order valence-electron chi connectivity index (χ2n) is 7.89. The zero-order valence-corrected chi connectivity index (χ0v) is 18.9. The van der Waals surface area contributed by atoms with Crippen molar-refractivity contribution in [2.24, 2.45) is 5.14 Å². The molecule has 0 aliphatic carbocycles. The molecule has 1 unspecified atom stereocenters. The number of para-hydroxylation sites is 1. The third kappa shape index (κ3) is 4.49. The lowest BCUT2D eigenvalue weighted by molar-refractivity contribution is 0.377. The fraction of sp³-hybridized carbons (Fsp3) is 0.200. The van der Waals surface area contributed by atoms with Crippen molar-refractivity contribution in [2.75, 3.05) is 18.6 Å². The average molecular weight is 451 g/mol. The minimum absolute atomic E-state index is 0.0933. The number of aryl methyl sites for hydroxylation is 1. The van der Waals surface area contributed by atoms with Crippen molar-refractivity contribution >= 4 is 15.7 Å². The van der Waals surface area contributed by atoms with Crippen molar-refractivity contribution in [1.29, 1.82) is 0 Å². The predicted octanol–water partition coefficient (Wildman–Crippen LogP) is 4.95. The Balaban J connectivity index is 1.58. The maximum absolute atomic E-state index is 11.5. The van der Waals surface area contributed by atoms with Crippen molar-refractivity contribution in [3.8, 4) is 17.2 Å². The Hall–Kier alpha value is -3.29. The maximum atomic E-state index is 11.5. The van der Waals surface area contributed by atoms with E-state index in [0.29, 0.717) is 11.5 Å². The Kier molecular flexibility index (Phi) is 5.95. The van der Waals surface area contributed by atoms with Crippen molar-refractivity contribution < 1.29 is 17.9 Å². The number of nitrogens with two attached hydrogens (primary N) is 1. The van der Waals surface area contributed by atoms with Gasteiger partial charge in [-0.15, -0.1) is 0 Å². The largest absolute Gasteiger partial charge is 0.493 e. The number of benzene rings is 3. The van der Waals surface area contributed by atoms with E-state index in [0.717, 1.165) is 41.2 Å². The maximum Gasteiger partial charge on any atom is 0.238 e. The van der Waals surface area contributed by atoms with Crippen LogP contribution in [-0.2, 0) is 10.0 Å². The molecule has 0 saturated carbocycles. The van der Waals surface area contributed by atoms with Gasteiger partial charge in [0.05, 0.1) is 12.0 Å². The second-order valence-corrected chi connectivity index (χ2v) is 9.46. The molecule has 1 saturated heterocycles. The Morgan fingerprint density at radius 2 is 1.72 bits per heavy atom. The van der Waals surface area contributed by atoms with Gasteiger partial charge in [0.15, 0.2) is 11.5 Å². The molecular formula is C25H26N2O4S. The van der Waals surface area contributed by atoms with Crippen LogP contribution in [0.25, 0.3) is 0 Å². The fourth-order valence-corrected chi connectivity index (χ4v) is 4.47. The molecular weight excluding hydrogens is 424 g/mol. The molecule has 32 heavy (non-hydrogen) atoms. The van der Waals surface area contributed by atoms with Gasteiger partial charge in [-0.05, 0) is 66.9 Å². The van der Waals surface area contributed by atoms with Gasteiger partial charge in [-0.25, -0.2) is 13.6 Å². The zero-order valence-electron chi connectivity index (χ0n) is 18.1. The predicted molar refractivity (Wildman–Crippen MR) is 126 cm³/mol. The van der Waals surface area contributed by atoms with Crippen LogP contribution in [-0.4, -0.2) is 22.1 Å². The molecule has 1 fully saturated rings. The zero-order chi connectivity index (χ0) is 22.9. The minimum Gasteiger partial charge on any atom is -0.493 e. The summed E-state index contributed by atoms with van der Waals surface area (Å²) in [6, 6.07) is 20.4. The first kappa shape index (κ1) is 21.9. The van der Waals surface area contributed by atoms with Gasteiger partial charge in [0.25, 0.3) is 0 Å². The molecule has 0 spiro atoms. The lowest BCUT2D eigenvalue weighted by Gasteiger charge is -2.20. The molecule has 2 N–H and O–H groups in total. The van der Waals surface area contributed by atoms with Crippen LogP contribution in [0, 0.1) is 6.92 Å². The molecule has 3 aromatic rings. The number of allylic oxidation sites excluding steroid dienone is 1. The number of methoxy groups -OCH3 is 1. The van der Waals surface area contributed by atoms with E-state index < -0.39 is 10.0 Å². The summed E-state index contributed by atoms with van der Waals surface area (Å²) in [5, 5.41) is 5.21. The molecule has 1 aliphatic rings. The topological polar surface area (TPSA) is 81.9 Å². The molecule has 0 radical (unpaired) electrons. The molecule has 0 amide bonds. The van der Waals surface area contributed by atoms with E-state index in [1.54, 1.807) is 19.2 Å². The average Bonchev–Trinajstić information content (AvgIpc) is 3.16. The lowest BCUT2D eigenvalue weighted by Crippen LogP contribution is -2.18. The number of hydrogen-bond donors (Lipinski definition) is 1. The number of primary sulfonamides is 1. The van der Waals surface area contributed by atoms with Gasteiger partial charge in [0.2, 0.25) is 10.0 Å². The number of ether oxygens (including phenoxy) is 2. The smallest absolute Gasteiger partial charge is 0.238 e. The van der Waals surface area contributed by atoms with Crippen LogP contribution in [0.1, 0.15) is 23.5 Å². The minimum atomic E-state index is -3.72. The number of nitrogens with zero attached hydrogens (tertiary/aromatic N) is 1. The van der Waals surface area contributed by atoms with Gasteiger partial charge in [0, 0.05) is 23.8 Å². The molecule has 0 bridgehead atoms. The van der Waals surface area contributed by atoms with Gasteiger partial charge in [-0.1, -0.05) is 30.8 Å². The van der Waals surface area contributed by atoms with Crippen molar-refractivity contribution in [2.45, 2.75) is 24.2 Å². The highest BCUT2D eigenvalue weighted by molar-refractivity contribution is 7.89. The summed E-state index contributed by atoms with van der Waals surface area (Å²) in [7, 11) is -2.09. The summed E-state index contributed by atoms with van der Waals surface area (Å²) in [6.07, 6.45) is 0.785. The van der Waals surface area contributed by atoms with Gasteiger partial charge in [0.1, 0.15) is 5.75 Å². The molecule has 1 heterocycles. The highest BCUT2D eigenvalue weighted by Crippen LogP contribution is 2.41. The summed E-state index contributed by atoms with van der Waals surface area (Å²) in [6.45, 7) is 6.95. The number of anilines is 1. The molecule has 166 valence electrons. The van der Waals surface area contributed by atoms with Crippen LogP contribution in [0.2, 0.25) is 0 Å². The second kappa shape index (κ2) is 8.68. The SMILES string of the molecule is C=C1CC(c2ccc(OC)c(Oc3ccccc3C)c2)CN1c1ccc(S(N)(=O)=O)cc1. The van der Waals surface area contributed by atoms with Crippen LogP contribution in [0.3, 0.4) is 0 Å². The third-order valence-corrected chi connectivity index (χ3v) is 6.65. The standard InChI is InChI=1S/C25H26N2O4S/c1-17-6-4-5-7-23(17)31-25-15-19(8-13-24(25)30-3)20-14-18(2)27(16-20)21-9-11-22(12-10-21)32(26,28)29/h4-13,15,20H,2,14,16H2,1,3H3,(H2,26,28,29). The van der Waals surface area contributed by atoms with E-state index in [1.807, 2.05) is 43.3 Å². The normalized spacial score (nSPS) is 16.3. The molecule has 3 aromatic carbocycles. The summed E-state index contributed by atoms with van der Waals surface area (Å²) in [4.78, 5) is 2.19. The number of rotatable bonds is 6. The molecule has 6 nitrogen and oxygen atoms in total. The molecule has 0 aromatic heterocycles.